The van der Waals surface area contributed by atoms with Gasteiger partial charge in [-0.05, 0) is 62.5 Å². The van der Waals surface area contributed by atoms with Gasteiger partial charge in [-0.1, -0.05) is 13.0 Å². The largest absolute Gasteiger partial charge is 0.497 e. The van der Waals surface area contributed by atoms with Crippen LogP contribution in [0.5, 0.6) is 5.75 Å². The SMILES string of the molecule is CCN(C1CC1)C1CCc2ccc(OC)cc2C1NC. The van der Waals surface area contributed by atoms with E-state index >= 15 is 0 Å². The van der Waals surface area contributed by atoms with Crippen molar-refractivity contribution in [3.8, 4) is 5.75 Å². The summed E-state index contributed by atoms with van der Waals surface area (Å²) in [5.74, 6) is 0.971. The van der Waals surface area contributed by atoms with Crippen molar-refractivity contribution in [3.63, 3.8) is 0 Å². The van der Waals surface area contributed by atoms with E-state index in [1.54, 1.807) is 7.11 Å². The number of aryl methyl sites for hydroxylation is 1. The maximum atomic E-state index is 5.41. The molecule has 3 rings (SSSR count). The number of likely N-dealkylation sites (N-methyl/N-ethyl adjacent to an activating group) is 2. The molecule has 110 valence electrons. The fourth-order valence-electron chi connectivity index (χ4n) is 3.77. The molecule has 3 nitrogen and oxygen atoms in total. The summed E-state index contributed by atoms with van der Waals surface area (Å²) in [5, 5.41) is 3.56. The number of benzene rings is 1. The molecule has 2 atom stereocenters. The van der Waals surface area contributed by atoms with Gasteiger partial charge in [-0.2, -0.15) is 0 Å². The predicted octanol–water partition coefficient (Wildman–Crippen LogP) is 2.75. The van der Waals surface area contributed by atoms with Gasteiger partial charge in [0.1, 0.15) is 5.75 Å². The first-order valence-electron chi connectivity index (χ1n) is 7.88. The van der Waals surface area contributed by atoms with E-state index in [0.717, 1.165) is 18.3 Å². The van der Waals surface area contributed by atoms with Crippen molar-refractivity contribution in [2.75, 3.05) is 20.7 Å². The van der Waals surface area contributed by atoms with Crippen molar-refractivity contribution in [2.45, 2.75) is 50.7 Å². The van der Waals surface area contributed by atoms with Crippen LogP contribution >= 0.6 is 0 Å². The third kappa shape index (κ3) is 2.45. The number of hydrogen-bond donors (Lipinski definition) is 1. The topological polar surface area (TPSA) is 24.5 Å². The Morgan fingerprint density at radius 2 is 2.10 bits per heavy atom. The summed E-state index contributed by atoms with van der Waals surface area (Å²) in [6.07, 6.45) is 5.21. The molecule has 1 saturated carbocycles. The van der Waals surface area contributed by atoms with Crippen LogP contribution in [0.3, 0.4) is 0 Å². The molecule has 1 fully saturated rings. The van der Waals surface area contributed by atoms with E-state index in [9.17, 15) is 0 Å². The zero-order valence-corrected chi connectivity index (χ0v) is 12.9. The normalized spacial score (nSPS) is 25.6. The quantitative estimate of drug-likeness (QED) is 0.893. The van der Waals surface area contributed by atoms with Crippen molar-refractivity contribution in [1.29, 1.82) is 0 Å². The molecule has 0 spiro atoms. The molecular weight excluding hydrogens is 248 g/mol. The first-order valence-corrected chi connectivity index (χ1v) is 7.88. The highest BCUT2D eigenvalue weighted by Gasteiger charge is 2.38. The van der Waals surface area contributed by atoms with E-state index in [1.807, 2.05) is 0 Å². The third-order valence-electron chi connectivity index (χ3n) is 4.90. The Morgan fingerprint density at radius 1 is 1.30 bits per heavy atom. The number of fused-ring (bicyclic) bond motifs is 1. The molecule has 0 bridgehead atoms. The summed E-state index contributed by atoms with van der Waals surface area (Å²) < 4.78 is 5.41. The molecule has 2 unspecified atom stereocenters. The van der Waals surface area contributed by atoms with Gasteiger partial charge in [-0.25, -0.2) is 0 Å². The van der Waals surface area contributed by atoms with E-state index in [-0.39, 0.29) is 0 Å². The summed E-state index contributed by atoms with van der Waals surface area (Å²) >= 11 is 0. The van der Waals surface area contributed by atoms with Crippen LogP contribution in [0.25, 0.3) is 0 Å². The third-order valence-corrected chi connectivity index (χ3v) is 4.90. The number of nitrogens with zero attached hydrogens (tertiary/aromatic N) is 1. The van der Waals surface area contributed by atoms with Gasteiger partial charge >= 0.3 is 0 Å². The van der Waals surface area contributed by atoms with Crippen molar-refractivity contribution >= 4 is 0 Å². The Morgan fingerprint density at radius 3 is 2.70 bits per heavy atom. The average Bonchev–Trinajstić information content (AvgIpc) is 3.31. The van der Waals surface area contributed by atoms with Crippen LogP contribution in [0.4, 0.5) is 0 Å². The van der Waals surface area contributed by atoms with Gasteiger partial charge in [0.25, 0.3) is 0 Å². The van der Waals surface area contributed by atoms with Crippen molar-refractivity contribution in [3.05, 3.63) is 29.3 Å². The van der Waals surface area contributed by atoms with E-state index in [4.69, 9.17) is 4.74 Å². The average molecular weight is 274 g/mol. The minimum absolute atomic E-state index is 0.425. The van der Waals surface area contributed by atoms with Crippen LogP contribution in [-0.2, 0) is 6.42 Å². The number of nitrogens with one attached hydrogen (secondary N) is 1. The van der Waals surface area contributed by atoms with Gasteiger partial charge in [0.05, 0.1) is 7.11 Å². The maximum Gasteiger partial charge on any atom is 0.119 e. The van der Waals surface area contributed by atoms with Crippen LogP contribution < -0.4 is 10.1 Å². The summed E-state index contributed by atoms with van der Waals surface area (Å²) in [4.78, 5) is 2.71. The molecule has 1 aromatic carbocycles. The van der Waals surface area contributed by atoms with Gasteiger partial charge < -0.3 is 10.1 Å². The fraction of sp³-hybridized carbons (Fsp3) is 0.647. The molecule has 1 aromatic rings. The second-order valence-corrected chi connectivity index (χ2v) is 6.00. The highest BCUT2D eigenvalue weighted by Crippen LogP contribution is 2.39. The van der Waals surface area contributed by atoms with Crippen LogP contribution in [-0.4, -0.2) is 37.7 Å². The lowest BCUT2D eigenvalue weighted by molar-refractivity contribution is 0.142. The molecule has 0 heterocycles. The number of methoxy groups -OCH3 is 1. The second-order valence-electron chi connectivity index (χ2n) is 6.00. The summed E-state index contributed by atoms with van der Waals surface area (Å²) in [6, 6.07) is 8.43. The molecule has 2 aliphatic rings. The Kier molecular flexibility index (Phi) is 3.99. The Bertz CT molecular complexity index is 470. The Balaban J connectivity index is 1.91. The van der Waals surface area contributed by atoms with E-state index in [0.29, 0.717) is 12.1 Å². The number of rotatable bonds is 5. The monoisotopic (exact) mass is 274 g/mol. The van der Waals surface area contributed by atoms with Crippen molar-refractivity contribution in [2.24, 2.45) is 0 Å². The minimum Gasteiger partial charge on any atom is -0.497 e. The molecule has 1 N–H and O–H groups in total. The molecule has 0 saturated heterocycles. The second kappa shape index (κ2) is 5.74. The minimum atomic E-state index is 0.425. The van der Waals surface area contributed by atoms with E-state index in [1.165, 1.54) is 36.8 Å². The van der Waals surface area contributed by atoms with Crippen LogP contribution in [0.15, 0.2) is 18.2 Å². The fourth-order valence-corrected chi connectivity index (χ4v) is 3.77. The highest BCUT2D eigenvalue weighted by molar-refractivity contribution is 5.40. The summed E-state index contributed by atoms with van der Waals surface area (Å²) in [5.41, 5.74) is 2.91. The molecule has 0 radical (unpaired) electrons. The first kappa shape index (κ1) is 13.9. The zero-order chi connectivity index (χ0) is 14.1. The zero-order valence-electron chi connectivity index (χ0n) is 12.9. The number of hydrogen-bond acceptors (Lipinski definition) is 3. The number of ether oxygens (including phenoxy) is 1. The standard InChI is InChI=1S/C17H26N2O/c1-4-19(13-7-8-13)16-10-6-12-5-9-14(20-3)11-15(12)17(16)18-2/h5,9,11,13,16-18H,4,6-8,10H2,1-3H3. The molecular formula is C17H26N2O. The molecule has 3 heteroatoms. The van der Waals surface area contributed by atoms with Gasteiger partial charge in [0, 0.05) is 18.1 Å². The van der Waals surface area contributed by atoms with Crippen LogP contribution in [0, 0.1) is 0 Å². The molecule has 0 aromatic heterocycles. The Labute approximate surface area is 122 Å². The summed E-state index contributed by atoms with van der Waals surface area (Å²) in [7, 11) is 3.84. The lowest BCUT2D eigenvalue weighted by Gasteiger charge is -2.41. The smallest absolute Gasteiger partial charge is 0.119 e. The van der Waals surface area contributed by atoms with Crippen LogP contribution in [0.1, 0.15) is 43.4 Å². The van der Waals surface area contributed by atoms with Gasteiger partial charge in [-0.15, -0.1) is 0 Å². The lowest BCUT2D eigenvalue weighted by Crippen LogP contribution is -2.47. The van der Waals surface area contributed by atoms with E-state index < -0.39 is 0 Å². The lowest BCUT2D eigenvalue weighted by atomic mass is 9.83. The van der Waals surface area contributed by atoms with Crippen LogP contribution in [0.2, 0.25) is 0 Å². The Hall–Kier alpha value is -1.06. The van der Waals surface area contributed by atoms with Crippen molar-refractivity contribution < 1.29 is 4.74 Å². The van der Waals surface area contributed by atoms with E-state index in [2.05, 4.69) is 42.4 Å². The van der Waals surface area contributed by atoms with Gasteiger partial charge in [0.15, 0.2) is 0 Å². The summed E-state index contributed by atoms with van der Waals surface area (Å²) in [6.45, 7) is 3.46. The first-order chi connectivity index (χ1) is 9.78. The van der Waals surface area contributed by atoms with Gasteiger partial charge in [0.2, 0.25) is 0 Å². The molecule has 2 aliphatic carbocycles. The highest BCUT2D eigenvalue weighted by atomic mass is 16.5. The molecule has 0 amide bonds. The maximum absolute atomic E-state index is 5.41. The molecule has 20 heavy (non-hydrogen) atoms. The van der Waals surface area contributed by atoms with Crippen molar-refractivity contribution in [1.82, 2.24) is 10.2 Å². The predicted molar refractivity (Wildman–Crippen MR) is 82.3 cm³/mol. The van der Waals surface area contributed by atoms with Gasteiger partial charge in [-0.3, -0.25) is 4.90 Å². The molecule has 0 aliphatic heterocycles.